The average molecular weight is 301 g/mol. The van der Waals surface area contributed by atoms with Gasteiger partial charge in [0.15, 0.2) is 0 Å². The lowest BCUT2D eigenvalue weighted by molar-refractivity contribution is 0.291. The Balaban J connectivity index is 2.41. The highest BCUT2D eigenvalue weighted by atomic mass is 35.5. The average Bonchev–Trinajstić information content (AvgIpc) is 2.88. The van der Waals surface area contributed by atoms with Crippen molar-refractivity contribution in [1.29, 1.82) is 0 Å². The number of nitrogens with two attached hydrogens (primary N) is 1. The van der Waals surface area contributed by atoms with Gasteiger partial charge in [-0.3, -0.25) is 0 Å². The van der Waals surface area contributed by atoms with Crippen LogP contribution in [0.4, 0.5) is 0 Å². The van der Waals surface area contributed by atoms with E-state index in [1.54, 1.807) is 6.07 Å². The van der Waals surface area contributed by atoms with Crippen LogP contribution in [-0.2, 0) is 5.41 Å². The summed E-state index contributed by atoms with van der Waals surface area (Å²) < 4.78 is 5.28. The van der Waals surface area contributed by atoms with E-state index < -0.39 is 0 Å². The summed E-state index contributed by atoms with van der Waals surface area (Å²) in [4.78, 5) is 8.45. The number of aromatic nitrogens is 3. The fourth-order valence-electron chi connectivity index (χ4n) is 1.53. The van der Waals surface area contributed by atoms with E-state index in [-0.39, 0.29) is 5.41 Å². The Bertz CT molecular complexity index is 581. The van der Waals surface area contributed by atoms with Gasteiger partial charge in [-0.05, 0) is 19.4 Å². The number of hydrogen-bond acceptors (Lipinski definition) is 5. The first-order valence-corrected chi connectivity index (χ1v) is 6.61. The molecule has 5 nitrogen and oxygen atoms in total. The van der Waals surface area contributed by atoms with Gasteiger partial charge in [0.25, 0.3) is 0 Å². The Labute approximate surface area is 121 Å². The largest absolute Gasteiger partial charge is 0.338 e. The Morgan fingerprint density at radius 2 is 2.16 bits per heavy atom. The van der Waals surface area contributed by atoms with Gasteiger partial charge < -0.3 is 10.3 Å². The lowest BCUT2D eigenvalue weighted by atomic mass is 9.88. The molecular weight excluding hydrogens is 287 g/mol. The maximum Gasteiger partial charge on any atom is 0.234 e. The summed E-state index contributed by atoms with van der Waals surface area (Å²) in [5, 5.41) is 4.74. The van der Waals surface area contributed by atoms with Crippen LogP contribution in [0.5, 0.6) is 0 Å². The van der Waals surface area contributed by atoms with Crippen molar-refractivity contribution < 1.29 is 4.52 Å². The Morgan fingerprint density at radius 3 is 2.74 bits per heavy atom. The van der Waals surface area contributed by atoms with Crippen molar-refractivity contribution in [3.63, 3.8) is 0 Å². The van der Waals surface area contributed by atoms with Crippen LogP contribution >= 0.6 is 23.2 Å². The van der Waals surface area contributed by atoms with Crippen LogP contribution in [0.2, 0.25) is 10.0 Å². The zero-order valence-electron chi connectivity index (χ0n) is 10.7. The van der Waals surface area contributed by atoms with Crippen LogP contribution in [0.15, 0.2) is 16.8 Å². The molecule has 0 aromatic carbocycles. The second-order valence-corrected chi connectivity index (χ2v) is 5.37. The molecule has 2 aromatic rings. The van der Waals surface area contributed by atoms with Crippen molar-refractivity contribution in [2.75, 3.05) is 6.54 Å². The van der Waals surface area contributed by atoms with E-state index >= 15 is 0 Å². The zero-order valence-corrected chi connectivity index (χ0v) is 12.2. The molecule has 0 saturated carbocycles. The van der Waals surface area contributed by atoms with Crippen LogP contribution < -0.4 is 5.73 Å². The van der Waals surface area contributed by atoms with E-state index in [1.165, 1.54) is 6.20 Å². The molecule has 0 aliphatic carbocycles. The molecule has 2 N–H and O–H groups in total. The van der Waals surface area contributed by atoms with E-state index in [4.69, 9.17) is 33.5 Å². The highest BCUT2D eigenvalue weighted by Crippen LogP contribution is 2.29. The number of pyridine rings is 1. The molecule has 1 atom stereocenters. The summed E-state index contributed by atoms with van der Waals surface area (Å²) in [7, 11) is 0. The minimum Gasteiger partial charge on any atom is -0.338 e. The number of hydrogen-bond donors (Lipinski definition) is 1. The van der Waals surface area contributed by atoms with Crippen molar-refractivity contribution in [2.24, 2.45) is 5.73 Å². The lowest BCUT2D eigenvalue weighted by Crippen LogP contribution is -2.31. The number of rotatable bonds is 4. The summed E-state index contributed by atoms with van der Waals surface area (Å²) in [6.45, 7) is 4.42. The Kier molecular flexibility index (Phi) is 4.08. The first-order chi connectivity index (χ1) is 9.00. The molecule has 0 radical (unpaired) electrons. The highest BCUT2D eigenvalue weighted by molar-refractivity contribution is 6.35. The van der Waals surface area contributed by atoms with E-state index in [0.717, 1.165) is 6.42 Å². The third-order valence-corrected chi connectivity index (χ3v) is 3.69. The molecule has 19 heavy (non-hydrogen) atoms. The van der Waals surface area contributed by atoms with E-state index in [0.29, 0.717) is 34.0 Å². The van der Waals surface area contributed by atoms with Crippen molar-refractivity contribution in [3.8, 4) is 11.5 Å². The molecule has 2 aromatic heterocycles. The molecule has 0 spiro atoms. The van der Waals surface area contributed by atoms with Gasteiger partial charge in [-0.15, -0.1) is 0 Å². The molecule has 0 amide bonds. The number of halogens is 2. The fourth-order valence-corrected chi connectivity index (χ4v) is 1.99. The van der Waals surface area contributed by atoms with Gasteiger partial charge in [-0.1, -0.05) is 35.3 Å². The molecule has 7 heteroatoms. The third kappa shape index (κ3) is 2.73. The lowest BCUT2D eigenvalue weighted by Gasteiger charge is -2.20. The van der Waals surface area contributed by atoms with Gasteiger partial charge >= 0.3 is 0 Å². The molecule has 1 unspecified atom stereocenters. The predicted octanol–water partition coefficient (Wildman–Crippen LogP) is 3.06. The third-order valence-electron chi connectivity index (χ3n) is 3.19. The minimum atomic E-state index is -0.343. The van der Waals surface area contributed by atoms with Gasteiger partial charge in [0.1, 0.15) is 5.69 Å². The van der Waals surface area contributed by atoms with Crippen molar-refractivity contribution in [1.82, 2.24) is 15.1 Å². The standard InChI is InChI=1S/C12H14Cl2N4O/c1-3-12(2,6-15)11-17-10(18-19-11)9-8(14)4-7(13)5-16-9/h4-5H,3,6,15H2,1-2H3. The first-order valence-electron chi connectivity index (χ1n) is 5.86. The van der Waals surface area contributed by atoms with Crippen LogP contribution in [0.25, 0.3) is 11.5 Å². The number of nitrogens with zero attached hydrogens (tertiary/aromatic N) is 3. The van der Waals surface area contributed by atoms with Crippen LogP contribution in [-0.4, -0.2) is 21.7 Å². The second-order valence-electron chi connectivity index (χ2n) is 4.53. The molecule has 0 aliphatic heterocycles. The van der Waals surface area contributed by atoms with Crippen molar-refractivity contribution >= 4 is 23.2 Å². The van der Waals surface area contributed by atoms with Gasteiger partial charge in [0.05, 0.1) is 15.5 Å². The zero-order chi connectivity index (χ0) is 14.0. The SMILES string of the molecule is CCC(C)(CN)c1nc(-c2ncc(Cl)cc2Cl)no1. The Hall–Kier alpha value is -1.17. The highest BCUT2D eigenvalue weighted by Gasteiger charge is 2.30. The normalized spacial score (nSPS) is 14.4. The summed E-state index contributed by atoms with van der Waals surface area (Å²) in [5.41, 5.74) is 5.86. The van der Waals surface area contributed by atoms with Gasteiger partial charge in [0.2, 0.25) is 11.7 Å². The summed E-state index contributed by atoms with van der Waals surface area (Å²) >= 11 is 11.9. The molecular formula is C12H14Cl2N4O. The fraction of sp³-hybridized carbons (Fsp3) is 0.417. The Morgan fingerprint density at radius 1 is 1.42 bits per heavy atom. The smallest absolute Gasteiger partial charge is 0.234 e. The topological polar surface area (TPSA) is 77.8 Å². The van der Waals surface area contributed by atoms with Crippen LogP contribution in [0.1, 0.15) is 26.2 Å². The van der Waals surface area contributed by atoms with Crippen LogP contribution in [0, 0.1) is 0 Å². The maximum absolute atomic E-state index is 6.06. The first kappa shape index (κ1) is 14.2. The molecule has 2 rings (SSSR count). The molecule has 102 valence electrons. The summed E-state index contributed by atoms with van der Waals surface area (Å²) in [5.74, 6) is 0.824. The van der Waals surface area contributed by atoms with Crippen LogP contribution in [0.3, 0.4) is 0 Å². The van der Waals surface area contributed by atoms with Gasteiger partial charge in [-0.25, -0.2) is 4.98 Å². The van der Waals surface area contributed by atoms with Gasteiger partial charge in [0, 0.05) is 12.7 Å². The summed E-state index contributed by atoms with van der Waals surface area (Å²) in [6, 6.07) is 1.59. The molecule has 0 saturated heterocycles. The van der Waals surface area contributed by atoms with E-state index in [2.05, 4.69) is 15.1 Å². The predicted molar refractivity (Wildman–Crippen MR) is 74.2 cm³/mol. The molecule has 2 heterocycles. The molecule has 0 aliphatic rings. The minimum absolute atomic E-state index is 0.338. The second kappa shape index (κ2) is 5.45. The van der Waals surface area contributed by atoms with Crippen molar-refractivity contribution in [3.05, 3.63) is 28.2 Å². The summed E-state index contributed by atoms with van der Waals surface area (Å²) in [6.07, 6.45) is 2.29. The van der Waals surface area contributed by atoms with E-state index in [1.807, 2.05) is 13.8 Å². The quantitative estimate of drug-likeness (QED) is 0.939. The van der Waals surface area contributed by atoms with Crippen molar-refractivity contribution in [2.45, 2.75) is 25.7 Å². The monoisotopic (exact) mass is 300 g/mol. The van der Waals surface area contributed by atoms with E-state index in [9.17, 15) is 0 Å². The maximum atomic E-state index is 6.06. The van der Waals surface area contributed by atoms with Gasteiger partial charge in [-0.2, -0.15) is 4.98 Å². The molecule has 0 fully saturated rings. The molecule has 0 bridgehead atoms.